The van der Waals surface area contributed by atoms with E-state index in [0.717, 1.165) is 11.3 Å². The molecule has 0 heteroatoms. The van der Waals surface area contributed by atoms with E-state index in [1.807, 2.05) is 0 Å². The SMILES string of the molecule is CCCCCCCC1(C2CCCCC2)CCCCC1. The van der Waals surface area contributed by atoms with Gasteiger partial charge in [0.25, 0.3) is 0 Å². The quantitative estimate of drug-likeness (QED) is 0.440. The molecule has 0 unspecified atom stereocenters. The summed E-state index contributed by atoms with van der Waals surface area (Å²) in [4.78, 5) is 0. The van der Waals surface area contributed by atoms with Crippen LogP contribution >= 0.6 is 0 Å². The van der Waals surface area contributed by atoms with Crippen LogP contribution < -0.4 is 0 Å². The lowest BCUT2D eigenvalue weighted by Gasteiger charge is -2.46. The first kappa shape index (κ1) is 15.4. The maximum absolute atomic E-state index is 2.32. The third-order valence-corrected chi connectivity index (χ3v) is 6.10. The Bertz CT molecular complexity index is 218. The van der Waals surface area contributed by atoms with Crippen molar-refractivity contribution in [2.45, 2.75) is 110 Å². The van der Waals surface area contributed by atoms with Gasteiger partial charge in [0.2, 0.25) is 0 Å². The average Bonchev–Trinajstić information content (AvgIpc) is 2.49. The highest BCUT2D eigenvalue weighted by Crippen LogP contribution is 2.51. The van der Waals surface area contributed by atoms with Gasteiger partial charge in [-0.25, -0.2) is 0 Å². The number of rotatable bonds is 7. The summed E-state index contributed by atoms with van der Waals surface area (Å²) in [5.41, 5.74) is 0.797. The largest absolute Gasteiger partial charge is 0.0654 e. The Morgan fingerprint density at radius 3 is 2.05 bits per heavy atom. The van der Waals surface area contributed by atoms with Crippen molar-refractivity contribution in [3.63, 3.8) is 0 Å². The minimum atomic E-state index is 0.797. The van der Waals surface area contributed by atoms with Crippen LogP contribution in [-0.2, 0) is 0 Å². The molecule has 112 valence electrons. The van der Waals surface area contributed by atoms with Gasteiger partial charge in [0.15, 0.2) is 0 Å². The van der Waals surface area contributed by atoms with Crippen LogP contribution in [0.4, 0.5) is 0 Å². The van der Waals surface area contributed by atoms with Gasteiger partial charge in [0.05, 0.1) is 0 Å². The fourth-order valence-electron chi connectivity index (χ4n) is 4.91. The van der Waals surface area contributed by atoms with Crippen molar-refractivity contribution in [2.75, 3.05) is 0 Å². The smallest absolute Gasteiger partial charge is 0.0269 e. The van der Waals surface area contributed by atoms with Crippen molar-refractivity contribution >= 4 is 0 Å². The van der Waals surface area contributed by atoms with Crippen molar-refractivity contribution < 1.29 is 0 Å². The molecule has 0 nitrogen and oxygen atoms in total. The zero-order valence-electron chi connectivity index (χ0n) is 13.4. The van der Waals surface area contributed by atoms with E-state index in [9.17, 15) is 0 Å². The molecular weight excluding hydrogens is 228 g/mol. The third-order valence-electron chi connectivity index (χ3n) is 6.10. The van der Waals surface area contributed by atoms with Gasteiger partial charge in [-0.2, -0.15) is 0 Å². The van der Waals surface area contributed by atoms with Crippen LogP contribution in [0.5, 0.6) is 0 Å². The van der Waals surface area contributed by atoms with Crippen molar-refractivity contribution in [2.24, 2.45) is 11.3 Å². The first-order valence-electron chi connectivity index (χ1n) is 9.37. The van der Waals surface area contributed by atoms with Gasteiger partial charge in [-0.15, -0.1) is 0 Å². The molecule has 0 N–H and O–H groups in total. The second kappa shape index (κ2) is 8.32. The molecule has 0 amide bonds. The molecule has 19 heavy (non-hydrogen) atoms. The van der Waals surface area contributed by atoms with Gasteiger partial charge >= 0.3 is 0 Å². The summed E-state index contributed by atoms with van der Waals surface area (Å²) >= 11 is 0. The summed E-state index contributed by atoms with van der Waals surface area (Å²) in [5, 5.41) is 0. The number of hydrogen-bond acceptors (Lipinski definition) is 0. The van der Waals surface area contributed by atoms with Crippen molar-refractivity contribution in [1.29, 1.82) is 0 Å². The Morgan fingerprint density at radius 1 is 0.737 bits per heavy atom. The molecule has 0 bridgehead atoms. The highest BCUT2D eigenvalue weighted by atomic mass is 14.4. The normalized spacial score (nSPS) is 24.5. The van der Waals surface area contributed by atoms with E-state index >= 15 is 0 Å². The molecule has 2 aliphatic rings. The van der Waals surface area contributed by atoms with Crippen molar-refractivity contribution in [1.82, 2.24) is 0 Å². The highest BCUT2D eigenvalue weighted by Gasteiger charge is 2.39. The first-order valence-corrected chi connectivity index (χ1v) is 9.37. The Kier molecular flexibility index (Phi) is 6.74. The Morgan fingerprint density at radius 2 is 1.37 bits per heavy atom. The van der Waals surface area contributed by atoms with Gasteiger partial charge in [0.1, 0.15) is 0 Å². The maximum atomic E-state index is 2.32. The minimum absolute atomic E-state index is 0.797. The summed E-state index contributed by atoms with van der Waals surface area (Å²) in [6.07, 6.45) is 24.4. The van der Waals surface area contributed by atoms with E-state index in [2.05, 4.69) is 6.92 Å². The van der Waals surface area contributed by atoms with Crippen LogP contribution in [0, 0.1) is 11.3 Å². The number of hydrogen-bond donors (Lipinski definition) is 0. The van der Waals surface area contributed by atoms with Crippen LogP contribution in [0.15, 0.2) is 0 Å². The summed E-state index contributed by atoms with van der Waals surface area (Å²) in [6.45, 7) is 2.32. The molecule has 0 saturated heterocycles. The summed E-state index contributed by atoms with van der Waals surface area (Å²) < 4.78 is 0. The maximum Gasteiger partial charge on any atom is -0.0269 e. The predicted octanol–water partition coefficient (Wildman–Crippen LogP) is 6.88. The topological polar surface area (TPSA) is 0 Å². The lowest BCUT2D eigenvalue weighted by atomic mass is 9.59. The molecule has 0 atom stereocenters. The van der Waals surface area contributed by atoms with E-state index in [1.165, 1.54) is 70.6 Å². The minimum Gasteiger partial charge on any atom is -0.0654 e. The molecule has 2 saturated carbocycles. The molecule has 0 radical (unpaired) electrons. The van der Waals surface area contributed by atoms with Gasteiger partial charge < -0.3 is 0 Å². The van der Waals surface area contributed by atoms with Gasteiger partial charge in [-0.3, -0.25) is 0 Å². The molecule has 2 aliphatic carbocycles. The summed E-state index contributed by atoms with van der Waals surface area (Å²) in [6, 6.07) is 0. The molecule has 0 aromatic rings. The predicted molar refractivity (Wildman–Crippen MR) is 85.5 cm³/mol. The standard InChI is InChI=1S/C19H36/c1-2-3-4-5-10-15-19(16-11-7-12-17-19)18-13-8-6-9-14-18/h18H,2-17H2,1H3. The second-order valence-electron chi connectivity index (χ2n) is 7.42. The van der Waals surface area contributed by atoms with Crippen LogP contribution in [0.1, 0.15) is 110 Å². The molecule has 0 aromatic carbocycles. The van der Waals surface area contributed by atoms with Gasteiger partial charge in [0, 0.05) is 0 Å². The summed E-state index contributed by atoms with van der Waals surface area (Å²) in [7, 11) is 0. The monoisotopic (exact) mass is 264 g/mol. The third kappa shape index (κ3) is 4.50. The lowest BCUT2D eigenvalue weighted by molar-refractivity contribution is 0.0545. The fourth-order valence-corrected chi connectivity index (χ4v) is 4.91. The van der Waals surface area contributed by atoms with E-state index in [1.54, 1.807) is 32.1 Å². The van der Waals surface area contributed by atoms with Crippen LogP contribution in [-0.4, -0.2) is 0 Å². The Labute approximate surface area is 121 Å². The van der Waals surface area contributed by atoms with Gasteiger partial charge in [-0.1, -0.05) is 77.6 Å². The Hall–Kier alpha value is 0. The zero-order valence-corrected chi connectivity index (χ0v) is 13.4. The van der Waals surface area contributed by atoms with Crippen LogP contribution in [0.25, 0.3) is 0 Å². The molecule has 0 aliphatic heterocycles. The zero-order chi connectivity index (χ0) is 13.4. The van der Waals surface area contributed by atoms with Crippen LogP contribution in [0.3, 0.4) is 0 Å². The number of unbranched alkanes of at least 4 members (excludes halogenated alkanes) is 4. The summed E-state index contributed by atoms with van der Waals surface area (Å²) in [5.74, 6) is 1.10. The molecule has 0 aromatic heterocycles. The molecule has 2 fully saturated rings. The van der Waals surface area contributed by atoms with Crippen molar-refractivity contribution in [3.05, 3.63) is 0 Å². The van der Waals surface area contributed by atoms with E-state index in [0.29, 0.717) is 0 Å². The first-order chi connectivity index (χ1) is 9.37. The van der Waals surface area contributed by atoms with E-state index in [-0.39, 0.29) is 0 Å². The fraction of sp³-hybridized carbons (Fsp3) is 1.00. The lowest BCUT2D eigenvalue weighted by Crippen LogP contribution is -2.34. The molecule has 2 rings (SSSR count). The average molecular weight is 264 g/mol. The van der Waals surface area contributed by atoms with Crippen molar-refractivity contribution in [3.8, 4) is 0 Å². The second-order valence-corrected chi connectivity index (χ2v) is 7.42. The van der Waals surface area contributed by atoms with Gasteiger partial charge in [-0.05, 0) is 43.4 Å². The van der Waals surface area contributed by atoms with E-state index < -0.39 is 0 Å². The molecule has 0 spiro atoms. The molecular formula is C19H36. The van der Waals surface area contributed by atoms with Crippen LogP contribution in [0.2, 0.25) is 0 Å². The Balaban J connectivity index is 1.83. The molecule has 0 heterocycles. The highest BCUT2D eigenvalue weighted by molar-refractivity contribution is 4.90. The van der Waals surface area contributed by atoms with E-state index in [4.69, 9.17) is 0 Å².